The molecule has 114 valence electrons. The van der Waals surface area contributed by atoms with Gasteiger partial charge >= 0.3 is 0 Å². The Labute approximate surface area is 129 Å². The second-order valence-corrected chi connectivity index (χ2v) is 8.69. The summed E-state index contributed by atoms with van der Waals surface area (Å²) in [5, 5.41) is 1.14. The zero-order valence-corrected chi connectivity index (χ0v) is 13.8. The van der Waals surface area contributed by atoms with Crippen LogP contribution in [0.25, 0.3) is 10.2 Å². The molecule has 2 heterocycles. The van der Waals surface area contributed by atoms with E-state index in [-0.39, 0.29) is 0 Å². The fraction of sp³-hybridized carbons (Fsp3) is 0.500. The van der Waals surface area contributed by atoms with Gasteiger partial charge < -0.3 is 0 Å². The number of para-hydroxylation sites is 1. The second kappa shape index (κ2) is 5.64. The maximum atomic E-state index is 12.1. The quantitative estimate of drug-likeness (QED) is 0.870. The average Bonchev–Trinajstić information content (AvgIpc) is 2.91. The molecule has 3 rings (SSSR count). The van der Waals surface area contributed by atoms with Gasteiger partial charge in [0, 0.05) is 33.1 Å². The van der Waals surface area contributed by atoms with E-state index in [1.807, 2.05) is 18.2 Å². The SMILES string of the molecule is CN(C)S(=O)(=O)N1CCC(c2nc3ccccc3s2)CC1. The maximum Gasteiger partial charge on any atom is 0.281 e. The van der Waals surface area contributed by atoms with Gasteiger partial charge in [-0.05, 0) is 25.0 Å². The first-order valence-corrected chi connectivity index (χ1v) is 9.23. The molecule has 1 aliphatic rings. The third-order valence-corrected chi connectivity index (χ3v) is 7.04. The summed E-state index contributed by atoms with van der Waals surface area (Å²) in [4.78, 5) is 4.70. The van der Waals surface area contributed by atoms with Crippen LogP contribution in [0.15, 0.2) is 24.3 Å². The molecule has 0 radical (unpaired) electrons. The van der Waals surface area contributed by atoms with E-state index in [1.165, 1.54) is 9.01 Å². The number of piperidine rings is 1. The molecule has 1 aromatic heterocycles. The molecule has 0 bridgehead atoms. The first-order valence-electron chi connectivity index (χ1n) is 7.01. The highest BCUT2D eigenvalue weighted by Gasteiger charge is 2.31. The molecule has 1 aromatic carbocycles. The topological polar surface area (TPSA) is 53.5 Å². The number of aromatic nitrogens is 1. The average molecular weight is 325 g/mol. The summed E-state index contributed by atoms with van der Waals surface area (Å²) in [7, 11) is -0.124. The Balaban J connectivity index is 1.74. The van der Waals surface area contributed by atoms with Crippen molar-refractivity contribution in [2.24, 2.45) is 0 Å². The summed E-state index contributed by atoms with van der Waals surface area (Å²) in [6.07, 6.45) is 1.68. The van der Waals surface area contributed by atoms with E-state index in [9.17, 15) is 8.42 Å². The third-order valence-electron chi connectivity index (χ3n) is 3.90. The zero-order valence-electron chi connectivity index (χ0n) is 12.2. The van der Waals surface area contributed by atoms with Gasteiger partial charge in [0.2, 0.25) is 0 Å². The Bertz CT molecular complexity index is 699. The molecule has 7 heteroatoms. The number of rotatable bonds is 3. The third kappa shape index (κ3) is 2.83. The normalized spacial score (nSPS) is 18.6. The van der Waals surface area contributed by atoms with E-state index in [0.717, 1.165) is 23.4 Å². The van der Waals surface area contributed by atoms with Crippen molar-refractivity contribution in [1.29, 1.82) is 0 Å². The summed E-state index contributed by atoms with van der Waals surface area (Å²) in [6.45, 7) is 1.14. The molecular formula is C14H19N3O2S2. The lowest BCUT2D eigenvalue weighted by Crippen LogP contribution is -2.44. The van der Waals surface area contributed by atoms with Gasteiger partial charge in [-0.2, -0.15) is 17.0 Å². The van der Waals surface area contributed by atoms with Crippen LogP contribution in [0.4, 0.5) is 0 Å². The molecule has 5 nitrogen and oxygen atoms in total. The van der Waals surface area contributed by atoms with Gasteiger partial charge in [-0.1, -0.05) is 12.1 Å². The van der Waals surface area contributed by atoms with Crippen LogP contribution < -0.4 is 0 Å². The van der Waals surface area contributed by atoms with Gasteiger partial charge in [-0.3, -0.25) is 0 Å². The number of hydrogen-bond acceptors (Lipinski definition) is 4. The van der Waals surface area contributed by atoms with Gasteiger partial charge in [0.15, 0.2) is 0 Å². The predicted molar refractivity (Wildman–Crippen MR) is 85.8 cm³/mol. The number of thiazole rings is 1. The van der Waals surface area contributed by atoms with Crippen LogP contribution in [0.3, 0.4) is 0 Å². The Hall–Kier alpha value is -1.02. The summed E-state index contributed by atoms with van der Waals surface area (Å²) < 4.78 is 28.3. The molecule has 0 spiro atoms. The fourth-order valence-electron chi connectivity index (χ4n) is 2.63. The Morgan fingerprint density at radius 1 is 1.24 bits per heavy atom. The molecule has 0 aliphatic carbocycles. The number of benzene rings is 1. The first kappa shape index (κ1) is 14.9. The minimum absolute atomic E-state index is 0.371. The predicted octanol–water partition coefficient (Wildman–Crippen LogP) is 2.28. The van der Waals surface area contributed by atoms with E-state index in [2.05, 4.69) is 6.07 Å². The number of fused-ring (bicyclic) bond motifs is 1. The van der Waals surface area contributed by atoms with E-state index in [0.29, 0.717) is 19.0 Å². The molecule has 1 aliphatic heterocycles. The molecular weight excluding hydrogens is 306 g/mol. The van der Waals surface area contributed by atoms with E-state index in [4.69, 9.17) is 4.98 Å². The van der Waals surface area contributed by atoms with Crippen molar-refractivity contribution in [1.82, 2.24) is 13.6 Å². The summed E-state index contributed by atoms with van der Waals surface area (Å²) in [6, 6.07) is 8.14. The van der Waals surface area contributed by atoms with Crippen molar-refractivity contribution < 1.29 is 8.42 Å². The molecule has 0 amide bonds. The molecule has 0 unspecified atom stereocenters. The van der Waals surface area contributed by atoms with Crippen molar-refractivity contribution in [3.8, 4) is 0 Å². The highest BCUT2D eigenvalue weighted by Crippen LogP contribution is 2.34. The van der Waals surface area contributed by atoms with Crippen molar-refractivity contribution >= 4 is 31.8 Å². The van der Waals surface area contributed by atoms with E-state index in [1.54, 1.807) is 29.7 Å². The van der Waals surface area contributed by atoms with Gasteiger partial charge in [0.25, 0.3) is 10.2 Å². The van der Waals surface area contributed by atoms with Crippen LogP contribution >= 0.6 is 11.3 Å². The molecule has 2 aromatic rings. The van der Waals surface area contributed by atoms with Crippen LogP contribution in [0.5, 0.6) is 0 Å². The van der Waals surface area contributed by atoms with Crippen molar-refractivity contribution in [2.75, 3.05) is 27.2 Å². The van der Waals surface area contributed by atoms with Gasteiger partial charge in [0.1, 0.15) is 0 Å². The first-order chi connectivity index (χ1) is 9.98. The standard InChI is InChI=1S/C14H19N3O2S2/c1-16(2)21(18,19)17-9-7-11(8-10-17)14-15-12-5-3-4-6-13(12)20-14/h3-6,11H,7-10H2,1-2H3. The lowest BCUT2D eigenvalue weighted by Gasteiger charge is -2.31. The Morgan fingerprint density at radius 3 is 2.52 bits per heavy atom. The van der Waals surface area contributed by atoms with Gasteiger partial charge in [-0.15, -0.1) is 11.3 Å². The highest BCUT2D eigenvalue weighted by molar-refractivity contribution is 7.86. The number of nitrogens with zero attached hydrogens (tertiary/aromatic N) is 3. The molecule has 0 saturated carbocycles. The number of hydrogen-bond donors (Lipinski definition) is 0. The molecule has 21 heavy (non-hydrogen) atoms. The summed E-state index contributed by atoms with van der Waals surface area (Å²) in [5.74, 6) is 0.371. The Morgan fingerprint density at radius 2 is 1.90 bits per heavy atom. The summed E-state index contributed by atoms with van der Waals surface area (Å²) >= 11 is 1.73. The smallest absolute Gasteiger partial charge is 0.241 e. The molecule has 1 fully saturated rings. The minimum Gasteiger partial charge on any atom is -0.241 e. The van der Waals surface area contributed by atoms with Crippen LogP contribution in [-0.4, -0.2) is 49.2 Å². The minimum atomic E-state index is -3.28. The lowest BCUT2D eigenvalue weighted by atomic mass is 9.99. The van der Waals surface area contributed by atoms with Crippen molar-refractivity contribution in [2.45, 2.75) is 18.8 Å². The zero-order chi connectivity index (χ0) is 15.0. The van der Waals surface area contributed by atoms with Gasteiger partial charge in [0.05, 0.1) is 15.2 Å². The van der Waals surface area contributed by atoms with Gasteiger partial charge in [-0.25, -0.2) is 4.98 Å². The summed E-state index contributed by atoms with van der Waals surface area (Å²) in [5.41, 5.74) is 1.04. The van der Waals surface area contributed by atoms with Crippen LogP contribution in [0.1, 0.15) is 23.8 Å². The molecule has 0 N–H and O–H groups in total. The lowest BCUT2D eigenvalue weighted by molar-refractivity contribution is 0.302. The van der Waals surface area contributed by atoms with Crippen LogP contribution in [0, 0.1) is 0 Å². The highest BCUT2D eigenvalue weighted by atomic mass is 32.2. The van der Waals surface area contributed by atoms with E-state index < -0.39 is 10.2 Å². The van der Waals surface area contributed by atoms with E-state index >= 15 is 0 Å². The molecule has 0 atom stereocenters. The Kier molecular flexibility index (Phi) is 4.00. The molecule has 1 saturated heterocycles. The van der Waals surface area contributed by atoms with Crippen molar-refractivity contribution in [3.05, 3.63) is 29.3 Å². The second-order valence-electron chi connectivity index (χ2n) is 5.48. The fourth-order valence-corrected chi connectivity index (χ4v) is 4.90. The largest absolute Gasteiger partial charge is 0.281 e. The monoisotopic (exact) mass is 325 g/mol. The van der Waals surface area contributed by atoms with Crippen molar-refractivity contribution in [3.63, 3.8) is 0 Å². The van der Waals surface area contributed by atoms with Crippen LogP contribution in [0.2, 0.25) is 0 Å². The van der Waals surface area contributed by atoms with Crippen LogP contribution in [-0.2, 0) is 10.2 Å². The maximum absolute atomic E-state index is 12.1.